The van der Waals surface area contributed by atoms with Gasteiger partial charge in [-0.25, -0.2) is 4.98 Å². The van der Waals surface area contributed by atoms with Gasteiger partial charge in [0.05, 0.1) is 10.6 Å². The van der Waals surface area contributed by atoms with Crippen LogP contribution >= 0.6 is 11.3 Å². The molecular weight excluding hydrogens is 246 g/mol. The zero-order valence-corrected chi connectivity index (χ0v) is 10.8. The van der Waals surface area contributed by atoms with E-state index in [-0.39, 0.29) is 6.61 Å². The topological polar surface area (TPSA) is 46.3 Å². The molecule has 3 nitrogen and oxygen atoms in total. The molecule has 92 valence electrons. The lowest BCUT2D eigenvalue weighted by Gasteiger charge is -1.92. The monoisotopic (exact) mass is 259 g/mol. The molecule has 0 aliphatic carbocycles. The first-order valence-corrected chi connectivity index (χ1v) is 6.71. The molecular formula is C14H13NO2S. The predicted molar refractivity (Wildman–Crippen MR) is 72.8 cm³/mol. The van der Waals surface area contributed by atoms with Gasteiger partial charge in [-0.05, 0) is 17.7 Å². The lowest BCUT2D eigenvalue weighted by Crippen LogP contribution is -1.92. The summed E-state index contributed by atoms with van der Waals surface area (Å²) in [7, 11) is 0. The molecule has 3 aromatic rings. The van der Waals surface area contributed by atoms with Crippen molar-refractivity contribution in [2.45, 2.75) is 13.3 Å². The standard InChI is InChI=1S/C14H13NO2S/c1-9-12(6-7-16)15-14(17-9)13-11-5-3-2-4-10(11)8-18-13/h2-5,8,16H,6-7H2,1H3. The first-order valence-electron chi connectivity index (χ1n) is 5.83. The molecule has 2 aromatic heterocycles. The highest BCUT2D eigenvalue weighted by atomic mass is 32.1. The van der Waals surface area contributed by atoms with Crippen molar-refractivity contribution in [1.82, 2.24) is 4.98 Å². The van der Waals surface area contributed by atoms with Crippen molar-refractivity contribution < 1.29 is 9.52 Å². The van der Waals surface area contributed by atoms with Crippen LogP contribution in [0, 0.1) is 6.92 Å². The highest BCUT2D eigenvalue weighted by Crippen LogP contribution is 2.35. The van der Waals surface area contributed by atoms with Crippen molar-refractivity contribution in [2.24, 2.45) is 0 Å². The minimum atomic E-state index is 0.0952. The number of aromatic nitrogens is 1. The smallest absolute Gasteiger partial charge is 0.237 e. The van der Waals surface area contributed by atoms with Gasteiger partial charge in [0.15, 0.2) is 0 Å². The van der Waals surface area contributed by atoms with E-state index in [9.17, 15) is 0 Å². The molecule has 0 fully saturated rings. The number of hydrogen-bond donors (Lipinski definition) is 1. The molecule has 0 saturated heterocycles. The van der Waals surface area contributed by atoms with E-state index in [1.165, 1.54) is 10.8 Å². The Balaban J connectivity index is 2.11. The summed E-state index contributed by atoms with van der Waals surface area (Å²) in [6, 6.07) is 8.20. The summed E-state index contributed by atoms with van der Waals surface area (Å²) >= 11 is 1.64. The number of benzene rings is 1. The second-order valence-electron chi connectivity index (χ2n) is 4.15. The van der Waals surface area contributed by atoms with E-state index in [1.807, 2.05) is 19.1 Å². The first kappa shape index (κ1) is 11.4. The average molecular weight is 259 g/mol. The Kier molecular flexibility index (Phi) is 2.89. The fourth-order valence-corrected chi connectivity index (χ4v) is 2.97. The molecule has 0 unspecified atom stereocenters. The quantitative estimate of drug-likeness (QED) is 0.784. The Morgan fingerprint density at radius 1 is 1.33 bits per heavy atom. The highest BCUT2D eigenvalue weighted by molar-refractivity contribution is 7.15. The zero-order chi connectivity index (χ0) is 12.5. The fraction of sp³-hybridized carbons (Fsp3) is 0.214. The summed E-state index contributed by atoms with van der Waals surface area (Å²) < 4.78 is 5.71. The van der Waals surface area contributed by atoms with Crippen LogP contribution in [0.25, 0.3) is 21.5 Å². The Bertz CT molecular complexity index is 684. The first-order chi connectivity index (χ1) is 8.79. The van der Waals surface area contributed by atoms with E-state index in [4.69, 9.17) is 9.52 Å². The number of hydrogen-bond acceptors (Lipinski definition) is 4. The van der Waals surface area contributed by atoms with Gasteiger partial charge in [0.2, 0.25) is 5.89 Å². The van der Waals surface area contributed by atoms with E-state index in [0.717, 1.165) is 16.3 Å². The summed E-state index contributed by atoms with van der Waals surface area (Å²) in [5, 5.41) is 13.5. The largest absolute Gasteiger partial charge is 0.440 e. The number of aryl methyl sites for hydroxylation is 1. The van der Waals surface area contributed by atoms with Gasteiger partial charge >= 0.3 is 0 Å². The molecule has 3 rings (SSSR count). The average Bonchev–Trinajstić information content (AvgIpc) is 2.94. The molecule has 2 heterocycles. The van der Waals surface area contributed by atoms with Crippen molar-refractivity contribution in [1.29, 1.82) is 0 Å². The van der Waals surface area contributed by atoms with Gasteiger partial charge in [-0.2, -0.15) is 0 Å². The van der Waals surface area contributed by atoms with Crippen molar-refractivity contribution in [3.63, 3.8) is 0 Å². The van der Waals surface area contributed by atoms with Crippen LogP contribution in [0.4, 0.5) is 0 Å². The third-order valence-electron chi connectivity index (χ3n) is 2.94. The second-order valence-corrected chi connectivity index (χ2v) is 5.03. The summed E-state index contributed by atoms with van der Waals surface area (Å²) in [4.78, 5) is 5.53. The van der Waals surface area contributed by atoms with Gasteiger partial charge in [-0.3, -0.25) is 0 Å². The Morgan fingerprint density at radius 3 is 3.00 bits per heavy atom. The number of oxazole rings is 1. The van der Waals surface area contributed by atoms with E-state index >= 15 is 0 Å². The van der Waals surface area contributed by atoms with E-state index in [0.29, 0.717) is 12.3 Å². The molecule has 0 amide bonds. The number of nitrogens with zero attached hydrogens (tertiary/aromatic N) is 1. The Hall–Kier alpha value is -1.65. The lowest BCUT2D eigenvalue weighted by atomic mass is 10.2. The summed E-state index contributed by atoms with van der Waals surface area (Å²) in [6.07, 6.45) is 0.540. The molecule has 0 aliphatic heterocycles. The Morgan fingerprint density at radius 2 is 2.17 bits per heavy atom. The maximum Gasteiger partial charge on any atom is 0.237 e. The number of rotatable bonds is 3. The summed E-state index contributed by atoms with van der Waals surface area (Å²) in [5.74, 6) is 1.44. The maximum atomic E-state index is 8.98. The van der Waals surface area contributed by atoms with E-state index in [1.54, 1.807) is 11.3 Å². The van der Waals surface area contributed by atoms with Gasteiger partial charge in [-0.1, -0.05) is 24.3 Å². The third-order valence-corrected chi connectivity index (χ3v) is 3.95. The van der Waals surface area contributed by atoms with E-state index in [2.05, 4.69) is 22.5 Å². The van der Waals surface area contributed by atoms with Crippen LogP contribution in [0.3, 0.4) is 0 Å². The molecule has 1 N–H and O–H groups in total. The fourth-order valence-electron chi connectivity index (χ4n) is 2.02. The maximum absolute atomic E-state index is 8.98. The SMILES string of the molecule is Cc1oc(-c2scc3ccccc23)nc1CCO. The van der Waals surface area contributed by atoms with Crippen LogP contribution in [0.1, 0.15) is 11.5 Å². The van der Waals surface area contributed by atoms with Gasteiger partial charge in [-0.15, -0.1) is 11.3 Å². The zero-order valence-electron chi connectivity index (χ0n) is 10.0. The lowest BCUT2D eigenvalue weighted by molar-refractivity contribution is 0.297. The molecule has 0 bridgehead atoms. The van der Waals surface area contributed by atoms with Crippen molar-refractivity contribution in [3.05, 3.63) is 41.1 Å². The van der Waals surface area contributed by atoms with Crippen molar-refractivity contribution >= 4 is 22.1 Å². The van der Waals surface area contributed by atoms with Gasteiger partial charge in [0, 0.05) is 18.4 Å². The second kappa shape index (κ2) is 4.55. The minimum Gasteiger partial charge on any atom is -0.440 e. The van der Waals surface area contributed by atoms with Crippen molar-refractivity contribution in [3.8, 4) is 10.8 Å². The molecule has 4 heteroatoms. The Labute approximate surface area is 109 Å². The van der Waals surface area contributed by atoms with Crippen LogP contribution in [0.5, 0.6) is 0 Å². The van der Waals surface area contributed by atoms with Crippen molar-refractivity contribution in [2.75, 3.05) is 6.61 Å². The number of aliphatic hydroxyl groups is 1. The minimum absolute atomic E-state index is 0.0952. The highest BCUT2D eigenvalue weighted by Gasteiger charge is 2.14. The predicted octanol–water partition coefficient (Wildman–Crippen LogP) is 3.40. The van der Waals surface area contributed by atoms with Gasteiger partial charge in [0.25, 0.3) is 0 Å². The summed E-state index contributed by atoms with van der Waals surface area (Å²) in [6.45, 7) is 1.98. The number of fused-ring (bicyclic) bond motifs is 1. The van der Waals surface area contributed by atoms with Crippen LogP contribution in [-0.4, -0.2) is 16.7 Å². The normalized spacial score (nSPS) is 11.2. The molecule has 0 atom stereocenters. The molecule has 0 saturated carbocycles. The van der Waals surface area contributed by atoms with E-state index < -0.39 is 0 Å². The van der Waals surface area contributed by atoms with Crippen LogP contribution in [-0.2, 0) is 6.42 Å². The molecule has 18 heavy (non-hydrogen) atoms. The summed E-state index contributed by atoms with van der Waals surface area (Å²) in [5.41, 5.74) is 0.838. The number of thiophene rings is 1. The van der Waals surface area contributed by atoms with Gasteiger partial charge in [0.1, 0.15) is 5.76 Å². The van der Waals surface area contributed by atoms with Gasteiger partial charge < -0.3 is 9.52 Å². The molecule has 0 aliphatic rings. The van der Waals surface area contributed by atoms with Crippen LogP contribution in [0.2, 0.25) is 0 Å². The third kappa shape index (κ3) is 1.83. The van der Waals surface area contributed by atoms with Crippen LogP contribution < -0.4 is 0 Å². The molecule has 0 radical (unpaired) electrons. The molecule has 1 aromatic carbocycles. The van der Waals surface area contributed by atoms with Crippen LogP contribution in [0.15, 0.2) is 34.1 Å². The molecule has 0 spiro atoms. The number of aliphatic hydroxyl groups excluding tert-OH is 1.